The van der Waals surface area contributed by atoms with E-state index in [0.717, 1.165) is 10.3 Å². The van der Waals surface area contributed by atoms with E-state index in [1.807, 2.05) is 43.3 Å². The van der Waals surface area contributed by atoms with Gasteiger partial charge in [-0.2, -0.15) is 4.99 Å². The number of halogens is 1. The topological polar surface area (TPSA) is 43.6 Å². The fraction of sp³-hybridized carbons (Fsp3) is 0.200. The molecule has 3 aromatic rings. The maximum atomic E-state index is 14.3. The number of thiazole rings is 1. The Bertz CT molecular complexity index is 990. The predicted octanol–water partition coefficient (Wildman–Crippen LogP) is 4.02. The molecule has 0 aliphatic carbocycles. The van der Waals surface area contributed by atoms with Crippen molar-refractivity contribution in [3.8, 4) is 0 Å². The van der Waals surface area contributed by atoms with Gasteiger partial charge >= 0.3 is 0 Å². The molecule has 0 spiro atoms. The minimum atomic E-state index is -0.383. The van der Waals surface area contributed by atoms with E-state index in [-0.39, 0.29) is 11.7 Å². The Kier molecular flexibility index (Phi) is 6.09. The monoisotopic (exact) mass is 370 g/mol. The van der Waals surface area contributed by atoms with Crippen LogP contribution >= 0.6 is 11.3 Å². The number of carbonyl (C=O) groups excluding carboxylic acids is 1. The van der Waals surface area contributed by atoms with Crippen molar-refractivity contribution in [1.29, 1.82) is 0 Å². The zero-order valence-corrected chi connectivity index (χ0v) is 15.2. The van der Waals surface area contributed by atoms with Gasteiger partial charge in [0.25, 0.3) is 5.91 Å². The number of benzene rings is 2. The maximum Gasteiger partial charge on any atom is 0.272 e. The fourth-order valence-electron chi connectivity index (χ4n) is 2.54. The van der Waals surface area contributed by atoms with Crippen molar-refractivity contribution in [2.45, 2.75) is 13.5 Å². The van der Waals surface area contributed by atoms with Crippen molar-refractivity contribution in [2.24, 2.45) is 4.99 Å². The molecule has 0 radical (unpaired) electrons. The highest BCUT2D eigenvalue weighted by molar-refractivity contribution is 7.16. The summed E-state index contributed by atoms with van der Waals surface area (Å²) in [6.07, 6.45) is 3.13. The van der Waals surface area contributed by atoms with Gasteiger partial charge in [0.05, 0.1) is 16.8 Å². The van der Waals surface area contributed by atoms with Crippen molar-refractivity contribution in [2.75, 3.05) is 13.2 Å². The molecule has 0 atom stereocenters. The first-order chi connectivity index (χ1) is 12.7. The molecular formula is C20H19FN2O2S. The lowest BCUT2D eigenvalue weighted by molar-refractivity contribution is -0.113. The van der Waals surface area contributed by atoms with Gasteiger partial charge in [-0.05, 0) is 30.7 Å². The summed E-state index contributed by atoms with van der Waals surface area (Å²) in [6, 6.07) is 14.4. The SMILES string of the molecule is CCOCCn1c(=NC(=O)/C=C/c2ccccc2)sc2cccc(F)c21. The average molecular weight is 370 g/mol. The third kappa shape index (κ3) is 4.33. The standard InChI is InChI=1S/C20H19FN2O2S/c1-2-25-14-13-23-19-16(21)9-6-10-17(19)26-20(23)22-18(24)12-11-15-7-4-3-5-8-15/h3-12H,2,13-14H2,1H3/b12-11+,22-20?. The van der Waals surface area contributed by atoms with E-state index in [1.165, 1.54) is 23.5 Å². The van der Waals surface area contributed by atoms with E-state index in [1.54, 1.807) is 16.7 Å². The normalized spacial score (nSPS) is 12.3. The second kappa shape index (κ2) is 8.69. The molecule has 0 saturated heterocycles. The van der Waals surface area contributed by atoms with Crippen LogP contribution in [0.3, 0.4) is 0 Å². The number of carbonyl (C=O) groups is 1. The molecule has 0 saturated carbocycles. The van der Waals surface area contributed by atoms with Crippen LogP contribution in [0.1, 0.15) is 12.5 Å². The number of amides is 1. The Morgan fingerprint density at radius 2 is 2.04 bits per heavy atom. The first kappa shape index (κ1) is 18.2. The van der Waals surface area contributed by atoms with Gasteiger partial charge in [-0.25, -0.2) is 4.39 Å². The number of rotatable bonds is 6. The van der Waals surface area contributed by atoms with Crippen LogP contribution in [0.15, 0.2) is 59.6 Å². The zero-order chi connectivity index (χ0) is 18.4. The summed E-state index contributed by atoms with van der Waals surface area (Å²) in [7, 11) is 0. The summed E-state index contributed by atoms with van der Waals surface area (Å²) < 4.78 is 22.1. The minimum Gasteiger partial charge on any atom is -0.380 e. The summed E-state index contributed by atoms with van der Waals surface area (Å²) in [5.41, 5.74) is 1.37. The molecule has 134 valence electrons. The summed E-state index contributed by atoms with van der Waals surface area (Å²) >= 11 is 1.29. The highest BCUT2D eigenvalue weighted by atomic mass is 32.1. The van der Waals surface area contributed by atoms with E-state index < -0.39 is 0 Å². The quantitative estimate of drug-likeness (QED) is 0.486. The van der Waals surface area contributed by atoms with Crippen molar-refractivity contribution >= 4 is 33.5 Å². The van der Waals surface area contributed by atoms with Gasteiger partial charge in [0.15, 0.2) is 4.80 Å². The Balaban J connectivity index is 1.96. The van der Waals surface area contributed by atoms with Crippen molar-refractivity contribution in [3.05, 3.63) is 70.8 Å². The molecule has 2 aromatic carbocycles. The lowest BCUT2D eigenvalue weighted by Gasteiger charge is -2.05. The third-order valence-electron chi connectivity index (χ3n) is 3.74. The molecule has 0 bridgehead atoms. The highest BCUT2D eigenvalue weighted by Crippen LogP contribution is 2.20. The fourth-order valence-corrected chi connectivity index (χ4v) is 3.62. The lowest BCUT2D eigenvalue weighted by atomic mass is 10.2. The van der Waals surface area contributed by atoms with Crippen molar-refractivity contribution in [1.82, 2.24) is 4.57 Å². The van der Waals surface area contributed by atoms with Gasteiger partial charge in [-0.1, -0.05) is 47.7 Å². The molecule has 0 unspecified atom stereocenters. The Morgan fingerprint density at radius 3 is 2.81 bits per heavy atom. The van der Waals surface area contributed by atoms with E-state index in [4.69, 9.17) is 4.74 Å². The molecule has 0 aliphatic heterocycles. The van der Waals surface area contributed by atoms with E-state index >= 15 is 0 Å². The molecule has 1 aromatic heterocycles. The van der Waals surface area contributed by atoms with Gasteiger partial charge in [-0.15, -0.1) is 0 Å². The van der Waals surface area contributed by atoms with E-state index in [9.17, 15) is 9.18 Å². The van der Waals surface area contributed by atoms with E-state index in [2.05, 4.69) is 4.99 Å². The smallest absolute Gasteiger partial charge is 0.272 e. The van der Waals surface area contributed by atoms with Crippen LogP contribution in [0, 0.1) is 5.82 Å². The molecule has 0 aliphatic rings. The van der Waals surface area contributed by atoms with Crippen LogP contribution in [-0.4, -0.2) is 23.7 Å². The molecule has 4 nitrogen and oxygen atoms in total. The number of fused-ring (bicyclic) bond motifs is 1. The largest absolute Gasteiger partial charge is 0.380 e. The van der Waals surface area contributed by atoms with Crippen LogP contribution in [0.2, 0.25) is 0 Å². The van der Waals surface area contributed by atoms with Crippen LogP contribution in [0.5, 0.6) is 0 Å². The molecule has 3 rings (SSSR count). The molecule has 26 heavy (non-hydrogen) atoms. The minimum absolute atomic E-state index is 0.330. The second-order valence-electron chi connectivity index (χ2n) is 5.51. The summed E-state index contributed by atoms with van der Waals surface area (Å²) in [5.74, 6) is -0.713. The Hall–Kier alpha value is -2.57. The second-order valence-corrected chi connectivity index (χ2v) is 6.52. The maximum absolute atomic E-state index is 14.3. The summed E-state index contributed by atoms with van der Waals surface area (Å²) in [6.45, 7) is 3.34. The number of hydrogen-bond acceptors (Lipinski definition) is 3. The van der Waals surface area contributed by atoms with Gasteiger partial charge in [0.1, 0.15) is 5.82 Å². The van der Waals surface area contributed by atoms with Crippen molar-refractivity contribution in [3.63, 3.8) is 0 Å². The molecule has 1 amide bonds. The number of ether oxygens (including phenoxy) is 1. The first-order valence-corrected chi connectivity index (χ1v) is 9.18. The third-order valence-corrected chi connectivity index (χ3v) is 4.78. The Morgan fingerprint density at radius 1 is 1.23 bits per heavy atom. The molecule has 1 heterocycles. The first-order valence-electron chi connectivity index (χ1n) is 8.36. The summed E-state index contributed by atoms with van der Waals surface area (Å²) in [4.78, 5) is 16.9. The average Bonchev–Trinajstić information content (AvgIpc) is 3.00. The number of para-hydroxylation sites is 1. The zero-order valence-electron chi connectivity index (χ0n) is 14.4. The van der Waals surface area contributed by atoms with Crippen LogP contribution in [-0.2, 0) is 16.1 Å². The van der Waals surface area contributed by atoms with Crippen molar-refractivity contribution < 1.29 is 13.9 Å². The molecule has 6 heteroatoms. The number of aromatic nitrogens is 1. The van der Waals surface area contributed by atoms with Gasteiger partial charge in [-0.3, -0.25) is 4.79 Å². The van der Waals surface area contributed by atoms with Crippen LogP contribution in [0.4, 0.5) is 4.39 Å². The van der Waals surface area contributed by atoms with Crippen LogP contribution < -0.4 is 4.80 Å². The van der Waals surface area contributed by atoms with Crippen LogP contribution in [0.25, 0.3) is 16.3 Å². The van der Waals surface area contributed by atoms with Gasteiger partial charge in [0.2, 0.25) is 0 Å². The van der Waals surface area contributed by atoms with Gasteiger partial charge in [0, 0.05) is 19.2 Å². The molecular weight excluding hydrogens is 351 g/mol. The summed E-state index contributed by atoms with van der Waals surface area (Å²) in [5, 5.41) is 0. The predicted molar refractivity (Wildman–Crippen MR) is 102 cm³/mol. The lowest BCUT2D eigenvalue weighted by Crippen LogP contribution is -2.19. The van der Waals surface area contributed by atoms with E-state index in [0.29, 0.717) is 30.1 Å². The molecule has 0 fully saturated rings. The highest BCUT2D eigenvalue weighted by Gasteiger charge is 2.11. The Labute approximate surface area is 154 Å². The molecule has 0 N–H and O–H groups in total. The number of hydrogen-bond donors (Lipinski definition) is 0. The van der Waals surface area contributed by atoms with Gasteiger partial charge < -0.3 is 9.30 Å². The number of nitrogens with zero attached hydrogens (tertiary/aromatic N) is 2.